The normalized spacial score (nSPS) is 10.4. The lowest BCUT2D eigenvalue weighted by Crippen LogP contribution is -2.08. The van der Waals surface area contributed by atoms with Gasteiger partial charge in [0.05, 0.1) is 22.3 Å². The van der Waals surface area contributed by atoms with E-state index in [4.69, 9.17) is 21.6 Å². The minimum Gasteiger partial charge on any atom is -0.453 e. The highest BCUT2D eigenvalue weighted by molar-refractivity contribution is 6.32. The Hall–Kier alpha value is -3.17. The van der Waals surface area contributed by atoms with Gasteiger partial charge in [0, 0.05) is 12.5 Å². The second-order valence-corrected chi connectivity index (χ2v) is 6.09. The van der Waals surface area contributed by atoms with Crippen LogP contribution in [0.3, 0.4) is 0 Å². The van der Waals surface area contributed by atoms with Gasteiger partial charge in [0.25, 0.3) is 5.56 Å². The largest absolute Gasteiger partial charge is 0.453 e. The lowest BCUT2D eigenvalue weighted by atomic mass is 10.1. The lowest BCUT2D eigenvalue weighted by Gasteiger charge is -2.12. The molecule has 3 rings (SSSR count). The molecule has 0 bridgehead atoms. The smallest absolute Gasteiger partial charge is 0.264 e. The zero-order valence-corrected chi connectivity index (χ0v) is 14.5. The first-order valence-corrected chi connectivity index (χ1v) is 8.05. The molecule has 1 N–H and O–H groups in total. The van der Waals surface area contributed by atoms with Crippen molar-refractivity contribution in [2.75, 3.05) is 0 Å². The fourth-order valence-electron chi connectivity index (χ4n) is 2.46. The van der Waals surface area contributed by atoms with Crippen LogP contribution in [0, 0.1) is 24.1 Å². The number of hydrogen-bond donors (Lipinski definition) is 1. The van der Waals surface area contributed by atoms with Gasteiger partial charge < -0.3 is 4.74 Å². The number of halogens is 2. The highest BCUT2D eigenvalue weighted by atomic mass is 35.5. The van der Waals surface area contributed by atoms with Crippen LogP contribution in [-0.2, 0) is 6.42 Å². The van der Waals surface area contributed by atoms with E-state index in [2.05, 4.69) is 10.2 Å². The first kappa shape index (κ1) is 17.6. The number of aromatic amines is 1. The summed E-state index contributed by atoms with van der Waals surface area (Å²) in [6.07, 6.45) is 0.160. The molecule has 0 amide bonds. The van der Waals surface area contributed by atoms with Gasteiger partial charge in [-0.05, 0) is 48.4 Å². The first-order chi connectivity index (χ1) is 12.5. The number of nitriles is 1. The van der Waals surface area contributed by atoms with Crippen molar-refractivity contribution in [2.45, 2.75) is 13.3 Å². The Morgan fingerprint density at radius 3 is 2.77 bits per heavy atom. The summed E-state index contributed by atoms with van der Waals surface area (Å²) in [5.41, 5.74) is 1.70. The van der Waals surface area contributed by atoms with Gasteiger partial charge in [-0.1, -0.05) is 17.7 Å². The third-order valence-corrected chi connectivity index (χ3v) is 3.93. The highest BCUT2D eigenvalue weighted by Crippen LogP contribution is 2.35. The number of rotatable bonds is 4. The number of ether oxygens (including phenoxy) is 1. The molecule has 2 aromatic carbocycles. The number of nitrogens with zero attached hydrogens (tertiary/aromatic N) is 2. The topological polar surface area (TPSA) is 78.8 Å². The Kier molecular flexibility index (Phi) is 5.01. The van der Waals surface area contributed by atoms with Crippen molar-refractivity contribution in [3.05, 3.63) is 86.0 Å². The molecule has 5 nitrogen and oxygen atoms in total. The van der Waals surface area contributed by atoms with Crippen molar-refractivity contribution in [3.8, 4) is 17.6 Å². The van der Waals surface area contributed by atoms with E-state index in [0.717, 1.165) is 5.56 Å². The van der Waals surface area contributed by atoms with Gasteiger partial charge in [-0.2, -0.15) is 10.4 Å². The lowest BCUT2D eigenvalue weighted by molar-refractivity contribution is 0.439. The Morgan fingerprint density at radius 1 is 1.27 bits per heavy atom. The molecular formula is C19H13ClFN3O2. The average Bonchev–Trinajstić information content (AvgIpc) is 2.62. The van der Waals surface area contributed by atoms with Gasteiger partial charge in [-0.25, -0.2) is 9.49 Å². The maximum absolute atomic E-state index is 14.9. The molecule has 0 atom stereocenters. The van der Waals surface area contributed by atoms with Crippen molar-refractivity contribution >= 4 is 11.6 Å². The molecule has 0 fully saturated rings. The monoisotopic (exact) mass is 369 g/mol. The van der Waals surface area contributed by atoms with Crippen LogP contribution in [0.25, 0.3) is 0 Å². The summed E-state index contributed by atoms with van der Waals surface area (Å²) in [5.74, 6) is -0.421. The van der Waals surface area contributed by atoms with Crippen LogP contribution >= 0.6 is 11.6 Å². The van der Waals surface area contributed by atoms with E-state index in [1.165, 1.54) is 30.3 Å². The van der Waals surface area contributed by atoms with E-state index in [1.54, 1.807) is 12.1 Å². The molecule has 0 spiro atoms. The maximum atomic E-state index is 14.9. The molecule has 130 valence electrons. The molecule has 26 heavy (non-hydrogen) atoms. The minimum absolute atomic E-state index is 0.112. The van der Waals surface area contributed by atoms with Gasteiger partial charge in [-0.15, -0.1) is 0 Å². The summed E-state index contributed by atoms with van der Waals surface area (Å²) in [5, 5.41) is 15.3. The molecular weight excluding hydrogens is 357 g/mol. The predicted molar refractivity (Wildman–Crippen MR) is 95.0 cm³/mol. The molecule has 0 aliphatic rings. The van der Waals surface area contributed by atoms with E-state index >= 15 is 0 Å². The van der Waals surface area contributed by atoms with E-state index in [9.17, 15) is 9.18 Å². The Bertz CT molecular complexity index is 1050. The highest BCUT2D eigenvalue weighted by Gasteiger charge is 2.16. The molecule has 0 aliphatic heterocycles. The molecule has 0 saturated carbocycles. The van der Waals surface area contributed by atoms with Crippen molar-refractivity contribution in [3.63, 3.8) is 0 Å². The fraction of sp³-hybridized carbons (Fsp3) is 0.105. The molecule has 3 aromatic rings. The van der Waals surface area contributed by atoms with Crippen molar-refractivity contribution in [1.82, 2.24) is 10.2 Å². The number of hydrogen-bond acceptors (Lipinski definition) is 4. The number of benzene rings is 2. The minimum atomic E-state index is -0.620. The van der Waals surface area contributed by atoms with Crippen LogP contribution in [0.1, 0.15) is 22.4 Å². The molecule has 7 heteroatoms. The van der Waals surface area contributed by atoms with Crippen molar-refractivity contribution in [1.29, 1.82) is 5.26 Å². The van der Waals surface area contributed by atoms with Crippen LogP contribution in [0.4, 0.5) is 4.39 Å². The molecule has 1 heterocycles. The van der Waals surface area contributed by atoms with E-state index < -0.39 is 5.82 Å². The summed E-state index contributed by atoms with van der Waals surface area (Å²) >= 11 is 6.10. The van der Waals surface area contributed by atoms with Gasteiger partial charge in [0.1, 0.15) is 5.75 Å². The van der Waals surface area contributed by atoms with Crippen LogP contribution < -0.4 is 10.3 Å². The Morgan fingerprint density at radius 2 is 2.08 bits per heavy atom. The third-order valence-electron chi connectivity index (χ3n) is 3.64. The third kappa shape index (κ3) is 3.90. The summed E-state index contributed by atoms with van der Waals surface area (Å²) in [7, 11) is 0. The van der Waals surface area contributed by atoms with Crippen LogP contribution in [0.5, 0.6) is 11.5 Å². The summed E-state index contributed by atoms with van der Waals surface area (Å²) < 4.78 is 20.5. The second-order valence-electron chi connectivity index (χ2n) is 5.69. The average molecular weight is 370 g/mol. The first-order valence-electron chi connectivity index (χ1n) is 7.67. The zero-order chi connectivity index (χ0) is 18.7. The van der Waals surface area contributed by atoms with E-state index in [0.29, 0.717) is 22.6 Å². The molecule has 0 saturated heterocycles. The van der Waals surface area contributed by atoms with Gasteiger partial charge in [0.2, 0.25) is 0 Å². The number of aromatic nitrogens is 2. The maximum Gasteiger partial charge on any atom is 0.264 e. The van der Waals surface area contributed by atoms with Gasteiger partial charge >= 0.3 is 0 Å². The van der Waals surface area contributed by atoms with Crippen LogP contribution in [0.15, 0.2) is 47.3 Å². The van der Waals surface area contributed by atoms with Gasteiger partial charge in [0.15, 0.2) is 11.6 Å². The van der Waals surface area contributed by atoms with Crippen molar-refractivity contribution in [2.24, 2.45) is 0 Å². The molecule has 1 aromatic heterocycles. The van der Waals surface area contributed by atoms with E-state index in [-0.39, 0.29) is 22.8 Å². The van der Waals surface area contributed by atoms with E-state index in [1.807, 2.05) is 13.0 Å². The number of nitrogens with one attached hydrogen (secondary N) is 1. The number of aryl methyl sites for hydroxylation is 1. The van der Waals surface area contributed by atoms with Crippen LogP contribution in [0.2, 0.25) is 5.02 Å². The summed E-state index contributed by atoms with van der Waals surface area (Å²) in [6.45, 7) is 1.81. The summed E-state index contributed by atoms with van der Waals surface area (Å²) in [4.78, 5) is 11.1. The summed E-state index contributed by atoms with van der Waals surface area (Å²) in [6, 6.07) is 12.8. The Labute approximate surface area is 153 Å². The molecule has 0 radical (unpaired) electrons. The predicted octanol–water partition coefficient (Wildman–Crippen LogP) is 4.13. The van der Waals surface area contributed by atoms with Crippen LogP contribution in [-0.4, -0.2) is 10.2 Å². The number of H-pyrrole nitrogens is 1. The Balaban J connectivity index is 1.95. The van der Waals surface area contributed by atoms with Crippen molar-refractivity contribution < 1.29 is 9.13 Å². The second kappa shape index (κ2) is 7.38. The molecule has 0 unspecified atom stereocenters. The quantitative estimate of drug-likeness (QED) is 0.750. The fourth-order valence-corrected chi connectivity index (χ4v) is 2.64. The zero-order valence-electron chi connectivity index (χ0n) is 13.7. The molecule has 0 aliphatic carbocycles. The van der Waals surface area contributed by atoms with Gasteiger partial charge in [-0.3, -0.25) is 4.79 Å². The standard InChI is InChI=1S/C19H13ClFN3O2/c1-11-6-12(10-22)8-15(7-11)26-19-16(20)4-2-13(18(19)21)9-14-3-5-17(25)24-23-14/h2-8H,9H2,1H3,(H,24,25). The SMILES string of the molecule is Cc1cc(C#N)cc(Oc2c(Cl)ccc(Cc3ccc(=O)[nH]n3)c2F)c1.